The quantitative estimate of drug-likeness (QED) is 0.559. The Morgan fingerprint density at radius 3 is 2.43 bits per heavy atom. The molecule has 0 amide bonds. The number of aliphatic hydroxyl groups is 2. The summed E-state index contributed by atoms with van der Waals surface area (Å²) in [6.45, 7) is 2.76. The van der Waals surface area contributed by atoms with Crippen LogP contribution < -0.4 is 0 Å². The average Bonchev–Trinajstić information content (AvgIpc) is 2.42. The molecule has 1 rings (SSSR count). The summed E-state index contributed by atoms with van der Waals surface area (Å²) >= 11 is 0. The molecule has 1 unspecified atom stereocenters. The first kappa shape index (κ1) is 19.8. The molecule has 6 nitrogen and oxygen atoms in total. The van der Waals surface area contributed by atoms with E-state index in [1.54, 1.807) is 0 Å². The molecule has 132 valence electrons. The van der Waals surface area contributed by atoms with Gasteiger partial charge in [0.1, 0.15) is 11.6 Å². The molecule has 0 aromatic rings. The van der Waals surface area contributed by atoms with Crippen LogP contribution in [0.4, 0.5) is 0 Å². The molecular formula is C17H28O6. The van der Waals surface area contributed by atoms with Gasteiger partial charge in [-0.2, -0.15) is 0 Å². The average molecular weight is 328 g/mol. The van der Waals surface area contributed by atoms with E-state index in [4.69, 9.17) is 5.11 Å². The maximum absolute atomic E-state index is 12.9. The molecule has 23 heavy (non-hydrogen) atoms. The first-order valence-corrected chi connectivity index (χ1v) is 8.26. The monoisotopic (exact) mass is 328 g/mol. The van der Waals surface area contributed by atoms with Crippen LogP contribution in [-0.4, -0.2) is 38.6 Å². The number of carbonyl (C=O) groups excluding carboxylic acids is 2. The molecule has 0 aromatic carbocycles. The Morgan fingerprint density at radius 2 is 1.91 bits per heavy atom. The van der Waals surface area contributed by atoms with Gasteiger partial charge in [0, 0.05) is 30.6 Å². The Morgan fingerprint density at radius 1 is 1.26 bits per heavy atom. The van der Waals surface area contributed by atoms with E-state index in [1.807, 2.05) is 0 Å². The summed E-state index contributed by atoms with van der Waals surface area (Å²) in [5, 5.41) is 28.0. The lowest BCUT2D eigenvalue weighted by atomic mass is 9.62. The summed E-state index contributed by atoms with van der Waals surface area (Å²) < 4.78 is 0. The fraction of sp³-hybridized carbons (Fsp3) is 0.824. The van der Waals surface area contributed by atoms with E-state index in [-0.39, 0.29) is 36.7 Å². The van der Waals surface area contributed by atoms with Gasteiger partial charge in [-0.15, -0.1) is 0 Å². The predicted octanol–water partition coefficient (Wildman–Crippen LogP) is 2.06. The third kappa shape index (κ3) is 6.39. The normalized spacial score (nSPS) is 25.4. The number of hydrogen-bond acceptors (Lipinski definition) is 5. The van der Waals surface area contributed by atoms with Crippen molar-refractivity contribution in [3.8, 4) is 0 Å². The summed E-state index contributed by atoms with van der Waals surface area (Å²) in [6.07, 6.45) is 3.41. The number of rotatable bonds is 9. The van der Waals surface area contributed by atoms with Gasteiger partial charge in [0.15, 0.2) is 5.79 Å². The molecule has 0 bridgehead atoms. The lowest BCUT2D eigenvalue weighted by molar-refractivity contribution is -0.160. The van der Waals surface area contributed by atoms with E-state index in [9.17, 15) is 24.6 Å². The molecule has 0 heterocycles. The standard InChI is InChI=1S/C17H28O6/c1-12(18)7-9-17(11-10-16(2,22)23)8-3-4-13(15(17)21)5-6-14(19)20/h13,22-23H,3-11H2,1-2H3,(H,19,20)/t13-,17?/m0/s1. The van der Waals surface area contributed by atoms with Gasteiger partial charge in [0.25, 0.3) is 0 Å². The summed E-state index contributed by atoms with van der Waals surface area (Å²) in [7, 11) is 0. The first-order valence-electron chi connectivity index (χ1n) is 8.26. The van der Waals surface area contributed by atoms with Gasteiger partial charge < -0.3 is 20.1 Å². The van der Waals surface area contributed by atoms with Crippen molar-refractivity contribution in [2.75, 3.05) is 0 Å². The zero-order valence-corrected chi connectivity index (χ0v) is 14.0. The zero-order chi connectivity index (χ0) is 17.7. The predicted molar refractivity (Wildman–Crippen MR) is 83.6 cm³/mol. The Bertz CT molecular complexity index is 450. The molecule has 0 aliphatic heterocycles. The topological polar surface area (TPSA) is 112 Å². The van der Waals surface area contributed by atoms with Crippen LogP contribution in [0.5, 0.6) is 0 Å². The van der Waals surface area contributed by atoms with Crippen LogP contribution in [0.25, 0.3) is 0 Å². The summed E-state index contributed by atoms with van der Waals surface area (Å²) in [6, 6.07) is 0. The van der Waals surface area contributed by atoms with Crippen LogP contribution in [0.2, 0.25) is 0 Å². The summed E-state index contributed by atoms with van der Waals surface area (Å²) in [5.74, 6) is -3.08. The summed E-state index contributed by atoms with van der Waals surface area (Å²) in [4.78, 5) is 35.0. The van der Waals surface area contributed by atoms with Gasteiger partial charge in [0.05, 0.1) is 0 Å². The van der Waals surface area contributed by atoms with Gasteiger partial charge in [-0.25, -0.2) is 0 Å². The number of Topliss-reactive ketones (excluding diaryl/α,β-unsaturated/α-hetero) is 2. The first-order chi connectivity index (χ1) is 10.6. The largest absolute Gasteiger partial charge is 0.481 e. The molecule has 6 heteroatoms. The highest BCUT2D eigenvalue weighted by Crippen LogP contribution is 2.45. The van der Waals surface area contributed by atoms with Gasteiger partial charge in [-0.3, -0.25) is 9.59 Å². The molecule has 0 saturated heterocycles. The molecule has 1 aliphatic carbocycles. The molecule has 1 fully saturated rings. The van der Waals surface area contributed by atoms with Crippen molar-refractivity contribution in [3.05, 3.63) is 0 Å². The highest BCUT2D eigenvalue weighted by molar-refractivity contribution is 5.88. The Balaban J connectivity index is 2.88. The minimum absolute atomic E-state index is 0.000549. The van der Waals surface area contributed by atoms with Crippen molar-refractivity contribution >= 4 is 17.5 Å². The lowest BCUT2D eigenvalue weighted by Gasteiger charge is -2.40. The second kappa shape index (κ2) is 8.02. The fourth-order valence-electron chi connectivity index (χ4n) is 3.46. The van der Waals surface area contributed by atoms with Crippen LogP contribution >= 0.6 is 0 Å². The van der Waals surface area contributed by atoms with E-state index in [0.717, 1.165) is 6.42 Å². The third-order valence-corrected chi connectivity index (χ3v) is 4.84. The smallest absolute Gasteiger partial charge is 0.303 e. The van der Waals surface area contributed by atoms with Gasteiger partial charge >= 0.3 is 5.97 Å². The van der Waals surface area contributed by atoms with Crippen molar-refractivity contribution in [1.82, 2.24) is 0 Å². The molecule has 0 radical (unpaired) electrons. The molecule has 1 saturated carbocycles. The number of carbonyl (C=O) groups is 3. The number of hydrogen-bond donors (Lipinski definition) is 3. The van der Waals surface area contributed by atoms with E-state index in [0.29, 0.717) is 32.1 Å². The maximum Gasteiger partial charge on any atom is 0.303 e. The van der Waals surface area contributed by atoms with Gasteiger partial charge in [-0.05, 0) is 46.0 Å². The van der Waals surface area contributed by atoms with Gasteiger partial charge in [0.2, 0.25) is 0 Å². The molecule has 0 spiro atoms. The maximum atomic E-state index is 12.9. The molecular weight excluding hydrogens is 300 g/mol. The van der Waals surface area contributed by atoms with Crippen LogP contribution in [0, 0.1) is 11.3 Å². The zero-order valence-electron chi connectivity index (χ0n) is 14.0. The van der Waals surface area contributed by atoms with Crippen LogP contribution in [0.3, 0.4) is 0 Å². The van der Waals surface area contributed by atoms with Crippen molar-refractivity contribution in [2.24, 2.45) is 11.3 Å². The second-order valence-electron chi connectivity index (χ2n) is 7.09. The number of ketones is 2. The highest BCUT2D eigenvalue weighted by atomic mass is 16.5. The summed E-state index contributed by atoms with van der Waals surface area (Å²) in [5.41, 5.74) is -0.736. The van der Waals surface area contributed by atoms with Crippen molar-refractivity contribution in [3.63, 3.8) is 0 Å². The van der Waals surface area contributed by atoms with E-state index < -0.39 is 17.2 Å². The Kier molecular flexibility index (Phi) is 6.89. The minimum atomic E-state index is -1.85. The number of aliphatic carboxylic acids is 1. The van der Waals surface area contributed by atoms with E-state index >= 15 is 0 Å². The highest BCUT2D eigenvalue weighted by Gasteiger charge is 2.44. The van der Waals surface area contributed by atoms with E-state index in [2.05, 4.69) is 0 Å². The number of carboxylic acids is 1. The van der Waals surface area contributed by atoms with Gasteiger partial charge in [-0.1, -0.05) is 6.42 Å². The number of carboxylic acid groups (broad SMARTS) is 1. The van der Waals surface area contributed by atoms with Crippen molar-refractivity contribution in [1.29, 1.82) is 0 Å². The van der Waals surface area contributed by atoms with Crippen molar-refractivity contribution < 1.29 is 29.7 Å². The van der Waals surface area contributed by atoms with Crippen LogP contribution in [0.1, 0.15) is 71.6 Å². The lowest BCUT2D eigenvalue weighted by Crippen LogP contribution is -2.42. The second-order valence-corrected chi connectivity index (χ2v) is 7.09. The minimum Gasteiger partial charge on any atom is -0.481 e. The molecule has 3 N–H and O–H groups in total. The van der Waals surface area contributed by atoms with E-state index in [1.165, 1.54) is 13.8 Å². The SMILES string of the molecule is CC(=O)CCC1(CCC(C)(O)O)CCC[C@@H](CCC(=O)O)C1=O. The van der Waals surface area contributed by atoms with Crippen LogP contribution in [0.15, 0.2) is 0 Å². The molecule has 2 atom stereocenters. The Labute approximate surface area is 136 Å². The third-order valence-electron chi connectivity index (χ3n) is 4.84. The van der Waals surface area contributed by atoms with Crippen LogP contribution in [-0.2, 0) is 14.4 Å². The molecule has 1 aliphatic rings. The van der Waals surface area contributed by atoms with Crippen molar-refractivity contribution in [2.45, 2.75) is 77.4 Å². The fourth-order valence-corrected chi connectivity index (χ4v) is 3.46. The Hall–Kier alpha value is -1.27. The molecule has 0 aromatic heterocycles.